The van der Waals surface area contributed by atoms with Gasteiger partial charge in [-0.1, -0.05) is 6.07 Å². The van der Waals surface area contributed by atoms with E-state index in [0.717, 1.165) is 4.88 Å². The van der Waals surface area contributed by atoms with E-state index in [1.165, 1.54) is 35.6 Å². The molecule has 0 saturated heterocycles. The maximum Gasteiger partial charge on any atom is 0.405 e. The minimum Gasteiger partial charge on any atom is -0.343 e. The standard InChI is InChI=1S/C17H20F3N3O3S2/c1-23(2)14(15-4-3-9-27-15)10-22-28(25,26)13-7-5-12(6-8-13)16(24)21-11-17(18,19)20/h3-9,14,22H,10-11H2,1-2H3,(H,21,24). The van der Waals surface area contributed by atoms with Crippen LogP contribution in [0.4, 0.5) is 13.2 Å². The molecule has 0 aliphatic carbocycles. The van der Waals surface area contributed by atoms with E-state index in [4.69, 9.17) is 0 Å². The van der Waals surface area contributed by atoms with Gasteiger partial charge in [-0.3, -0.25) is 4.79 Å². The molecule has 0 bridgehead atoms. The third-order valence-corrected chi connectivity index (χ3v) is 6.25. The number of nitrogens with zero attached hydrogens (tertiary/aromatic N) is 1. The van der Waals surface area contributed by atoms with Gasteiger partial charge in [0, 0.05) is 17.0 Å². The van der Waals surface area contributed by atoms with E-state index >= 15 is 0 Å². The molecule has 1 unspecified atom stereocenters. The van der Waals surface area contributed by atoms with Crippen molar-refractivity contribution in [3.8, 4) is 0 Å². The number of sulfonamides is 1. The highest BCUT2D eigenvalue weighted by Gasteiger charge is 2.28. The first-order valence-corrected chi connectivity index (χ1v) is 10.5. The molecule has 2 N–H and O–H groups in total. The molecule has 1 atom stereocenters. The zero-order valence-electron chi connectivity index (χ0n) is 15.2. The van der Waals surface area contributed by atoms with Crippen LogP contribution >= 0.6 is 11.3 Å². The van der Waals surface area contributed by atoms with Gasteiger partial charge in [0.15, 0.2) is 0 Å². The first-order chi connectivity index (χ1) is 13.0. The van der Waals surface area contributed by atoms with E-state index in [-0.39, 0.29) is 23.0 Å². The van der Waals surface area contributed by atoms with Crippen LogP contribution in [0.25, 0.3) is 0 Å². The molecule has 0 aliphatic heterocycles. The molecule has 1 amide bonds. The molecule has 0 spiro atoms. The van der Waals surface area contributed by atoms with Crippen molar-refractivity contribution < 1.29 is 26.4 Å². The third-order valence-electron chi connectivity index (χ3n) is 3.84. The number of likely N-dealkylation sites (N-methyl/N-ethyl adjacent to an activating group) is 1. The average molecular weight is 435 g/mol. The largest absolute Gasteiger partial charge is 0.405 e. The number of alkyl halides is 3. The molecule has 154 valence electrons. The number of hydrogen-bond donors (Lipinski definition) is 2. The molecule has 0 saturated carbocycles. The van der Waals surface area contributed by atoms with Crippen LogP contribution in [0, 0.1) is 0 Å². The Morgan fingerprint density at radius 3 is 2.32 bits per heavy atom. The summed E-state index contributed by atoms with van der Waals surface area (Å²) in [6.45, 7) is -1.31. The molecular formula is C17H20F3N3O3S2. The normalized spacial score (nSPS) is 13.5. The van der Waals surface area contributed by atoms with Crippen LogP contribution in [0.3, 0.4) is 0 Å². The van der Waals surface area contributed by atoms with Gasteiger partial charge in [-0.2, -0.15) is 13.2 Å². The SMILES string of the molecule is CN(C)C(CNS(=O)(=O)c1ccc(C(=O)NCC(F)(F)F)cc1)c1cccs1. The first kappa shape index (κ1) is 22.3. The lowest BCUT2D eigenvalue weighted by Gasteiger charge is -2.23. The Labute approximate surface area is 165 Å². The predicted molar refractivity (Wildman–Crippen MR) is 101 cm³/mol. The van der Waals surface area contributed by atoms with Crippen molar-refractivity contribution in [2.45, 2.75) is 17.1 Å². The van der Waals surface area contributed by atoms with Gasteiger partial charge in [-0.15, -0.1) is 11.3 Å². The van der Waals surface area contributed by atoms with E-state index in [0.29, 0.717) is 0 Å². The Morgan fingerprint density at radius 2 is 1.82 bits per heavy atom. The predicted octanol–water partition coefficient (Wildman–Crippen LogP) is 2.62. The van der Waals surface area contributed by atoms with E-state index in [9.17, 15) is 26.4 Å². The smallest absolute Gasteiger partial charge is 0.343 e. The summed E-state index contributed by atoms with van der Waals surface area (Å²) in [5, 5.41) is 3.64. The maximum absolute atomic E-state index is 12.5. The number of thiophene rings is 1. The molecule has 2 aromatic rings. The summed E-state index contributed by atoms with van der Waals surface area (Å²) >= 11 is 1.52. The van der Waals surface area contributed by atoms with Gasteiger partial charge in [0.1, 0.15) is 6.54 Å². The first-order valence-electron chi connectivity index (χ1n) is 8.14. The lowest BCUT2D eigenvalue weighted by atomic mass is 10.2. The maximum atomic E-state index is 12.5. The molecule has 1 heterocycles. The Bertz CT molecular complexity index is 881. The lowest BCUT2D eigenvalue weighted by molar-refractivity contribution is -0.123. The Kier molecular flexibility index (Phi) is 7.21. The summed E-state index contributed by atoms with van der Waals surface area (Å²) < 4.78 is 64.0. The fraction of sp³-hybridized carbons (Fsp3) is 0.353. The summed E-state index contributed by atoms with van der Waals surface area (Å²) in [4.78, 5) is 14.5. The monoisotopic (exact) mass is 435 g/mol. The number of rotatable bonds is 8. The van der Waals surface area contributed by atoms with Crippen molar-refractivity contribution in [2.75, 3.05) is 27.2 Å². The highest BCUT2D eigenvalue weighted by atomic mass is 32.2. The molecule has 11 heteroatoms. The van der Waals surface area contributed by atoms with Gasteiger partial charge in [-0.05, 0) is 49.8 Å². The molecule has 1 aromatic heterocycles. The molecule has 6 nitrogen and oxygen atoms in total. The molecule has 1 aromatic carbocycles. The van der Waals surface area contributed by atoms with Crippen molar-refractivity contribution >= 4 is 27.3 Å². The number of halogens is 3. The fourth-order valence-corrected chi connectivity index (χ4v) is 4.32. The topological polar surface area (TPSA) is 78.5 Å². The molecule has 0 fully saturated rings. The van der Waals surface area contributed by atoms with Gasteiger partial charge >= 0.3 is 6.18 Å². The van der Waals surface area contributed by atoms with E-state index in [1.54, 1.807) is 5.32 Å². The van der Waals surface area contributed by atoms with Crippen LogP contribution in [-0.2, 0) is 10.0 Å². The average Bonchev–Trinajstić information content (AvgIpc) is 3.13. The second-order valence-electron chi connectivity index (χ2n) is 6.17. The summed E-state index contributed by atoms with van der Waals surface area (Å²) in [6, 6.07) is 8.35. The second-order valence-corrected chi connectivity index (χ2v) is 8.92. The van der Waals surface area contributed by atoms with Crippen molar-refractivity contribution in [3.05, 3.63) is 52.2 Å². The Balaban J connectivity index is 2.04. The van der Waals surface area contributed by atoms with E-state index in [2.05, 4.69) is 4.72 Å². The highest BCUT2D eigenvalue weighted by Crippen LogP contribution is 2.23. The molecule has 2 rings (SSSR count). The number of amides is 1. The molecular weight excluding hydrogens is 415 g/mol. The minimum atomic E-state index is -4.52. The van der Waals surface area contributed by atoms with Crippen molar-refractivity contribution in [1.82, 2.24) is 14.9 Å². The number of nitrogens with one attached hydrogen (secondary N) is 2. The van der Waals surface area contributed by atoms with Gasteiger partial charge < -0.3 is 10.2 Å². The van der Waals surface area contributed by atoms with Crippen LogP contribution in [0.15, 0.2) is 46.7 Å². The number of carbonyl (C=O) groups is 1. The minimum absolute atomic E-state index is 0.0621. The zero-order chi connectivity index (χ0) is 20.9. The van der Waals surface area contributed by atoms with Crippen molar-refractivity contribution in [1.29, 1.82) is 0 Å². The van der Waals surface area contributed by atoms with Gasteiger partial charge in [0.25, 0.3) is 5.91 Å². The highest BCUT2D eigenvalue weighted by molar-refractivity contribution is 7.89. The molecule has 0 radical (unpaired) electrons. The van der Waals surface area contributed by atoms with Crippen LogP contribution in [0.1, 0.15) is 21.3 Å². The summed E-state index contributed by atoms with van der Waals surface area (Å²) in [6.07, 6.45) is -4.52. The Hall–Kier alpha value is -1.95. The zero-order valence-corrected chi connectivity index (χ0v) is 16.8. The summed E-state index contributed by atoms with van der Waals surface area (Å²) in [5.74, 6) is -0.931. The van der Waals surface area contributed by atoms with Gasteiger partial charge in [0.2, 0.25) is 10.0 Å². The van der Waals surface area contributed by atoms with E-state index in [1.807, 2.05) is 36.5 Å². The quantitative estimate of drug-likeness (QED) is 0.668. The number of hydrogen-bond acceptors (Lipinski definition) is 5. The fourth-order valence-electron chi connectivity index (χ4n) is 2.36. The van der Waals surface area contributed by atoms with Crippen molar-refractivity contribution in [3.63, 3.8) is 0 Å². The summed E-state index contributed by atoms with van der Waals surface area (Å²) in [7, 11) is -0.161. The van der Waals surface area contributed by atoms with Gasteiger partial charge in [-0.25, -0.2) is 13.1 Å². The van der Waals surface area contributed by atoms with Crippen LogP contribution in [0.5, 0.6) is 0 Å². The number of carbonyl (C=O) groups excluding carboxylic acids is 1. The van der Waals surface area contributed by atoms with Gasteiger partial charge in [0.05, 0.1) is 10.9 Å². The lowest BCUT2D eigenvalue weighted by Crippen LogP contribution is -2.34. The van der Waals surface area contributed by atoms with Crippen molar-refractivity contribution in [2.24, 2.45) is 0 Å². The summed E-state index contributed by atoms with van der Waals surface area (Å²) in [5.41, 5.74) is -0.0621. The van der Waals surface area contributed by atoms with E-state index < -0.39 is 28.7 Å². The van der Waals surface area contributed by atoms with Crippen LogP contribution in [-0.4, -0.2) is 52.6 Å². The second kappa shape index (κ2) is 9.03. The third kappa shape index (κ3) is 6.30. The van der Waals surface area contributed by atoms with Crippen LogP contribution < -0.4 is 10.0 Å². The molecule has 28 heavy (non-hydrogen) atoms. The molecule has 0 aliphatic rings. The Morgan fingerprint density at radius 1 is 1.18 bits per heavy atom. The number of benzene rings is 1. The van der Waals surface area contributed by atoms with Crippen LogP contribution in [0.2, 0.25) is 0 Å².